The first-order valence-corrected chi connectivity index (χ1v) is 38.2. The second-order valence-electron chi connectivity index (χ2n) is 31.4. The Morgan fingerprint density at radius 2 is 1.29 bits per heavy atom. The quantitative estimate of drug-likeness (QED) is 0.145. The van der Waals surface area contributed by atoms with E-state index in [1.54, 1.807) is 11.8 Å². The molecule has 0 radical (unpaired) electrons. The van der Waals surface area contributed by atoms with Crippen LogP contribution in [0.1, 0.15) is 190 Å². The highest BCUT2D eigenvalue weighted by atomic mass is 35.5. The van der Waals surface area contributed by atoms with Crippen molar-refractivity contribution in [3.8, 4) is 0 Å². The van der Waals surface area contributed by atoms with Gasteiger partial charge in [-0.05, 0) is 112 Å². The average Bonchev–Trinajstić information content (AvgIpc) is 0.864. The van der Waals surface area contributed by atoms with Gasteiger partial charge in [-0.2, -0.15) is 0 Å². The zero-order valence-electron chi connectivity index (χ0n) is 63.5. The van der Waals surface area contributed by atoms with Crippen molar-refractivity contribution in [2.75, 3.05) is 96.3 Å². The van der Waals surface area contributed by atoms with Gasteiger partial charge >= 0.3 is 0 Å². The Balaban J connectivity index is 1.47. The molecule has 27 heteroatoms. The van der Waals surface area contributed by atoms with Crippen molar-refractivity contribution in [3.05, 3.63) is 12.2 Å². The number of amides is 12. The predicted molar refractivity (Wildman–Crippen MR) is 387 cm³/mol. The number of carbonyl (C=O) groups is 12. The van der Waals surface area contributed by atoms with Crippen LogP contribution >= 0.6 is 23.2 Å². The number of rotatable bonds is 13. The fourth-order valence-electron chi connectivity index (χ4n) is 16.4. The molecule has 570 valence electrons. The number of likely N-dealkylation sites (N-methyl/N-ethyl adjacent to an activating group) is 7. The number of methoxy groups -OCH3 is 1. The number of ether oxygens (including phenoxy) is 1. The van der Waals surface area contributed by atoms with Crippen LogP contribution in [0.3, 0.4) is 0 Å². The molecule has 25 nitrogen and oxygen atoms in total. The van der Waals surface area contributed by atoms with Crippen LogP contribution in [0.2, 0.25) is 0 Å². The van der Waals surface area contributed by atoms with Crippen LogP contribution in [0.25, 0.3) is 0 Å². The van der Waals surface area contributed by atoms with Gasteiger partial charge in [-0.15, -0.1) is 23.2 Å². The minimum Gasteiger partial charge on any atom is -0.382 e. The molecular formula is C74H122Cl2N12O13. The number of alkyl halides is 2. The summed E-state index contributed by atoms with van der Waals surface area (Å²) in [5.74, 6) is -7.69. The van der Waals surface area contributed by atoms with Gasteiger partial charge in [0.1, 0.15) is 53.9 Å². The highest BCUT2D eigenvalue weighted by molar-refractivity contribution is 6.30. The molecule has 6 aliphatic rings. The molecule has 6 rings (SSSR count). The molecule has 12 atom stereocenters. The minimum atomic E-state index is -1.56. The van der Waals surface area contributed by atoms with E-state index < -0.39 is 162 Å². The van der Waals surface area contributed by atoms with Crippen molar-refractivity contribution in [1.82, 2.24) is 60.0 Å². The highest BCUT2D eigenvalue weighted by Gasteiger charge is 2.59. The van der Waals surface area contributed by atoms with Crippen molar-refractivity contribution in [2.24, 2.45) is 35.0 Å². The standard InChI is InChI=1S/C74H122Cl2N12O13/c1-17-47(5)62-70(98)82(11)42-61(91)83(12)55-27-23-21-25-37-88(69(55)97)57(39-49-30-28-46(4)29-31-49)68(96)81(10)41-59(89)77-53(35-33-48-32-34-51(75)52(76)38-48)66(94)87-36-24-20-22-26-54(87)65(93)79-74(44-73(6,7)45-74)72(100)86(15)63(50(18-2)19-3)71(99)85(14)56(67(95)80(8)9)40-60(90)84(13)58(43-101-16)64(92)78-62/h21,23,46-58,62-63H,17-20,22,24-45H2,1-16H3,(H,77,89)(H,78,92)(H,79,93)/b23-21-/t46?,47-,48?,49?,51?,52?,53-,54-,55-,56-,57-,58-,62-,63-/m0/s1. The van der Waals surface area contributed by atoms with Gasteiger partial charge in [0, 0.05) is 82.0 Å². The van der Waals surface area contributed by atoms with Crippen LogP contribution in [0.4, 0.5) is 0 Å². The number of nitrogens with zero attached hydrogens (tertiary/aromatic N) is 9. The minimum absolute atomic E-state index is 0.0553. The average molecular weight is 1460 g/mol. The van der Waals surface area contributed by atoms with Crippen molar-refractivity contribution in [2.45, 2.75) is 254 Å². The van der Waals surface area contributed by atoms with Gasteiger partial charge in [0.25, 0.3) is 0 Å². The molecule has 2 saturated heterocycles. The molecular weight excluding hydrogens is 1340 g/mol. The van der Waals surface area contributed by atoms with Crippen LogP contribution in [0, 0.1) is 35.0 Å². The summed E-state index contributed by atoms with van der Waals surface area (Å²) >= 11 is 13.3. The lowest BCUT2D eigenvalue weighted by Gasteiger charge is -2.54. The molecule has 0 aromatic heterocycles. The first-order chi connectivity index (χ1) is 47.6. The van der Waals surface area contributed by atoms with E-state index in [2.05, 4.69) is 22.9 Å². The molecule has 12 amide bonds. The van der Waals surface area contributed by atoms with Crippen LogP contribution in [0.5, 0.6) is 0 Å². The van der Waals surface area contributed by atoms with Gasteiger partial charge in [0.2, 0.25) is 70.9 Å². The second kappa shape index (κ2) is 37.6. The topological polar surface area (TPSA) is 279 Å². The normalized spacial score (nSPS) is 31.3. The summed E-state index contributed by atoms with van der Waals surface area (Å²) in [6.45, 7) is 12.4. The summed E-state index contributed by atoms with van der Waals surface area (Å²) in [6.07, 6.45) is 13.7. The van der Waals surface area contributed by atoms with E-state index in [1.807, 2.05) is 46.8 Å². The van der Waals surface area contributed by atoms with Crippen molar-refractivity contribution in [1.29, 1.82) is 0 Å². The molecule has 101 heavy (non-hydrogen) atoms. The third-order valence-corrected chi connectivity index (χ3v) is 24.1. The zero-order valence-corrected chi connectivity index (χ0v) is 65.0. The monoisotopic (exact) mass is 1460 g/mol. The Morgan fingerprint density at radius 1 is 0.644 bits per heavy atom. The van der Waals surface area contributed by atoms with E-state index in [0.29, 0.717) is 76.5 Å². The summed E-state index contributed by atoms with van der Waals surface area (Å²) in [5, 5.41) is 8.52. The van der Waals surface area contributed by atoms with E-state index >= 15 is 28.8 Å². The number of carbonyl (C=O) groups excluding carboxylic acids is 12. The fourth-order valence-corrected chi connectivity index (χ4v) is 17.0. The Labute approximate surface area is 611 Å². The van der Waals surface area contributed by atoms with E-state index in [4.69, 9.17) is 27.9 Å². The Hall–Kier alpha value is -6.08. The van der Waals surface area contributed by atoms with Crippen molar-refractivity contribution >= 4 is 94.1 Å². The van der Waals surface area contributed by atoms with Gasteiger partial charge in [-0.25, -0.2) is 0 Å². The smallest absolute Gasteiger partial charge is 0.248 e. The Bertz CT molecular complexity index is 2950. The van der Waals surface area contributed by atoms with Crippen LogP contribution in [0.15, 0.2) is 12.2 Å². The lowest BCUT2D eigenvalue weighted by molar-refractivity contribution is -0.161. The molecule has 0 aromatic carbocycles. The largest absolute Gasteiger partial charge is 0.382 e. The lowest BCUT2D eigenvalue weighted by Crippen LogP contribution is -2.72. The maximum Gasteiger partial charge on any atom is 0.248 e. The molecule has 1 spiro atoms. The summed E-state index contributed by atoms with van der Waals surface area (Å²) in [6, 6.07) is -9.73. The van der Waals surface area contributed by atoms with Crippen molar-refractivity contribution < 1.29 is 62.3 Å². The van der Waals surface area contributed by atoms with E-state index in [0.717, 1.165) is 37.0 Å². The molecule has 3 aliphatic heterocycles. The van der Waals surface area contributed by atoms with Gasteiger partial charge in [-0.3, -0.25) is 57.5 Å². The van der Waals surface area contributed by atoms with Gasteiger partial charge in [-0.1, -0.05) is 118 Å². The Kier molecular flexibility index (Phi) is 31.2. The Morgan fingerprint density at radius 3 is 1.89 bits per heavy atom. The highest BCUT2D eigenvalue weighted by Crippen LogP contribution is 2.49. The maximum absolute atomic E-state index is 15.8. The first-order valence-electron chi connectivity index (χ1n) is 37.3. The second-order valence-corrected chi connectivity index (χ2v) is 32.5. The summed E-state index contributed by atoms with van der Waals surface area (Å²) in [4.78, 5) is 193. The van der Waals surface area contributed by atoms with Gasteiger partial charge in [0.15, 0.2) is 0 Å². The number of nitrogens with one attached hydrogen (secondary N) is 3. The summed E-state index contributed by atoms with van der Waals surface area (Å²) < 4.78 is 5.52. The lowest BCUT2D eigenvalue weighted by atomic mass is 9.58. The molecule has 2 bridgehead atoms. The maximum atomic E-state index is 15.8. The molecule has 3 saturated carbocycles. The van der Waals surface area contributed by atoms with Crippen LogP contribution in [-0.2, 0) is 62.3 Å². The molecule has 3 heterocycles. The van der Waals surface area contributed by atoms with Crippen LogP contribution in [-0.4, -0.2) is 276 Å². The number of halogens is 2. The van der Waals surface area contributed by atoms with E-state index in [-0.39, 0.29) is 74.4 Å². The number of hydrogen-bond donors (Lipinski definition) is 3. The third-order valence-electron chi connectivity index (χ3n) is 23.0. The van der Waals surface area contributed by atoms with Crippen LogP contribution < -0.4 is 16.0 Å². The molecule has 3 unspecified atom stereocenters. The SMILES string of the molecule is CCC(CC)[C@H]1C(=O)N(C)[C@H](C(=O)N(C)C)CC(=O)N(C)[C@@H](COC)C(=O)N[C@@H]([C@@H](C)CC)C(=O)N(C)CC(=O)N(C)[C@H]2C/C=C\CCN(C2=O)[C@@H](CC2CCC(C)CC2)C(=O)N(C)CC(=O)N[C@@H](CCC2CCC(Cl)C(Cl)C2)C(=O)N2CCCCC[C@H]2C(=O)NC2(CC(C)(C)C2)C(=O)N1C. The molecule has 3 N–H and O–H groups in total. The molecule has 5 fully saturated rings. The van der Waals surface area contributed by atoms with Gasteiger partial charge < -0.3 is 64.8 Å². The fraction of sp³-hybridized carbons (Fsp3) is 0.811. The van der Waals surface area contributed by atoms with E-state index in [1.165, 1.54) is 97.8 Å². The summed E-state index contributed by atoms with van der Waals surface area (Å²) in [7, 11) is 13.0. The molecule has 3 aliphatic carbocycles. The number of fused-ring (bicyclic) bond motifs is 3. The van der Waals surface area contributed by atoms with Gasteiger partial charge in [0.05, 0.1) is 31.5 Å². The summed E-state index contributed by atoms with van der Waals surface area (Å²) in [5.41, 5.74) is -2.02. The molecule has 0 aromatic rings. The number of hydrogen-bond acceptors (Lipinski definition) is 13. The third kappa shape index (κ3) is 21.1. The predicted octanol–water partition coefficient (Wildman–Crippen LogP) is 5.81. The zero-order chi connectivity index (χ0) is 75.1. The first kappa shape index (κ1) is 83.9. The van der Waals surface area contributed by atoms with E-state index in [9.17, 15) is 28.8 Å². The van der Waals surface area contributed by atoms with Crippen molar-refractivity contribution in [3.63, 3.8) is 0 Å².